The molecule has 1 aromatic rings. The molecular weight excluding hydrogens is 259 g/mol. The summed E-state index contributed by atoms with van der Waals surface area (Å²) in [6, 6.07) is 5.05. The standard InChI is InChI=1S/C15H21FN2O2/c1-2-15(20)17-10-11-3-4-14(13(16)9-11)18-7-5-12(19)6-8-18/h3-4,9,12,19H,2,5-8,10H2,1H3,(H,17,20). The third-order valence-corrected chi connectivity index (χ3v) is 3.63. The molecule has 0 aliphatic carbocycles. The normalized spacial score (nSPS) is 16.2. The van der Waals surface area contributed by atoms with E-state index in [0.29, 0.717) is 44.6 Å². The van der Waals surface area contributed by atoms with Crippen LogP contribution in [0.3, 0.4) is 0 Å². The summed E-state index contributed by atoms with van der Waals surface area (Å²) in [5.74, 6) is -0.316. The monoisotopic (exact) mass is 280 g/mol. The summed E-state index contributed by atoms with van der Waals surface area (Å²) in [5.41, 5.74) is 1.33. The van der Waals surface area contributed by atoms with Gasteiger partial charge in [-0.25, -0.2) is 4.39 Å². The highest BCUT2D eigenvalue weighted by Crippen LogP contribution is 2.24. The Morgan fingerprint density at radius 2 is 2.15 bits per heavy atom. The van der Waals surface area contributed by atoms with Crippen LogP contribution in [0, 0.1) is 5.82 Å². The van der Waals surface area contributed by atoms with Crippen molar-refractivity contribution in [3.05, 3.63) is 29.6 Å². The van der Waals surface area contributed by atoms with Gasteiger partial charge >= 0.3 is 0 Å². The highest BCUT2D eigenvalue weighted by atomic mass is 19.1. The molecular formula is C15H21FN2O2. The Kier molecular flexibility index (Phi) is 4.95. The predicted molar refractivity (Wildman–Crippen MR) is 76.0 cm³/mol. The van der Waals surface area contributed by atoms with E-state index < -0.39 is 0 Å². The van der Waals surface area contributed by atoms with Gasteiger partial charge in [0, 0.05) is 26.1 Å². The quantitative estimate of drug-likeness (QED) is 0.884. The van der Waals surface area contributed by atoms with Crippen LogP contribution in [0.1, 0.15) is 31.7 Å². The summed E-state index contributed by atoms with van der Waals surface area (Å²) in [6.07, 6.45) is 1.51. The largest absolute Gasteiger partial charge is 0.393 e. The fourth-order valence-corrected chi connectivity index (χ4v) is 2.35. The number of hydrogen-bond acceptors (Lipinski definition) is 3. The number of piperidine rings is 1. The number of anilines is 1. The van der Waals surface area contributed by atoms with Gasteiger partial charge in [-0.15, -0.1) is 0 Å². The van der Waals surface area contributed by atoms with Crippen LogP contribution < -0.4 is 10.2 Å². The zero-order valence-electron chi connectivity index (χ0n) is 11.7. The summed E-state index contributed by atoms with van der Waals surface area (Å²) in [6.45, 7) is 3.47. The highest BCUT2D eigenvalue weighted by Gasteiger charge is 2.19. The average Bonchev–Trinajstić information content (AvgIpc) is 2.46. The van der Waals surface area contributed by atoms with Crippen molar-refractivity contribution < 1.29 is 14.3 Å². The minimum Gasteiger partial charge on any atom is -0.393 e. The first kappa shape index (κ1) is 14.8. The first-order chi connectivity index (χ1) is 9.60. The molecule has 4 nitrogen and oxygen atoms in total. The summed E-state index contributed by atoms with van der Waals surface area (Å²) in [7, 11) is 0. The Balaban J connectivity index is 2.00. The van der Waals surface area contributed by atoms with Gasteiger partial charge in [0.2, 0.25) is 5.91 Å². The molecule has 1 heterocycles. The molecule has 1 saturated heterocycles. The number of aliphatic hydroxyl groups is 1. The van der Waals surface area contributed by atoms with Crippen molar-refractivity contribution in [2.24, 2.45) is 0 Å². The lowest BCUT2D eigenvalue weighted by atomic mass is 10.1. The van der Waals surface area contributed by atoms with Gasteiger partial charge in [-0.2, -0.15) is 0 Å². The van der Waals surface area contributed by atoms with Crippen molar-refractivity contribution in [3.63, 3.8) is 0 Å². The molecule has 1 aliphatic rings. The van der Waals surface area contributed by atoms with E-state index in [9.17, 15) is 14.3 Å². The second-order valence-electron chi connectivity index (χ2n) is 5.13. The Labute approximate surface area is 118 Å². The lowest BCUT2D eigenvalue weighted by Crippen LogP contribution is -2.36. The summed E-state index contributed by atoms with van der Waals surface area (Å²) in [5, 5.41) is 12.2. The number of rotatable bonds is 4. The van der Waals surface area contributed by atoms with Crippen molar-refractivity contribution >= 4 is 11.6 Å². The van der Waals surface area contributed by atoms with Crippen LogP contribution in [-0.4, -0.2) is 30.2 Å². The van der Waals surface area contributed by atoms with Crippen molar-refractivity contribution in [2.75, 3.05) is 18.0 Å². The Bertz CT molecular complexity index is 471. The molecule has 20 heavy (non-hydrogen) atoms. The van der Waals surface area contributed by atoms with Crippen LogP contribution in [0.15, 0.2) is 18.2 Å². The van der Waals surface area contributed by atoms with Gasteiger partial charge < -0.3 is 15.3 Å². The number of aliphatic hydroxyl groups excluding tert-OH is 1. The SMILES string of the molecule is CCC(=O)NCc1ccc(N2CCC(O)CC2)c(F)c1. The number of halogens is 1. The molecule has 1 aromatic carbocycles. The van der Waals surface area contributed by atoms with E-state index in [0.717, 1.165) is 5.56 Å². The van der Waals surface area contributed by atoms with E-state index in [1.807, 2.05) is 11.0 Å². The Morgan fingerprint density at radius 1 is 1.45 bits per heavy atom. The summed E-state index contributed by atoms with van der Waals surface area (Å²) < 4.78 is 14.1. The number of benzene rings is 1. The maximum Gasteiger partial charge on any atom is 0.219 e. The van der Waals surface area contributed by atoms with Crippen LogP contribution in [0.2, 0.25) is 0 Å². The number of nitrogens with zero attached hydrogens (tertiary/aromatic N) is 1. The van der Waals surface area contributed by atoms with E-state index in [2.05, 4.69) is 5.32 Å². The van der Waals surface area contributed by atoms with E-state index in [1.54, 1.807) is 13.0 Å². The van der Waals surface area contributed by atoms with Crippen LogP contribution in [0.4, 0.5) is 10.1 Å². The Morgan fingerprint density at radius 3 is 2.75 bits per heavy atom. The second-order valence-corrected chi connectivity index (χ2v) is 5.13. The Hall–Kier alpha value is -1.62. The zero-order valence-corrected chi connectivity index (χ0v) is 11.7. The molecule has 2 rings (SSSR count). The highest BCUT2D eigenvalue weighted by molar-refractivity contribution is 5.75. The molecule has 0 bridgehead atoms. The van der Waals surface area contributed by atoms with Crippen molar-refractivity contribution in [3.8, 4) is 0 Å². The van der Waals surface area contributed by atoms with E-state index in [-0.39, 0.29) is 17.8 Å². The second kappa shape index (κ2) is 6.70. The van der Waals surface area contributed by atoms with Crippen LogP contribution in [0.5, 0.6) is 0 Å². The fourth-order valence-electron chi connectivity index (χ4n) is 2.35. The molecule has 110 valence electrons. The molecule has 0 atom stereocenters. The maximum atomic E-state index is 14.1. The summed E-state index contributed by atoms with van der Waals surface area (Å²) >= 11 is 0. The molecule has 0 saturated carbocycles. The van der Waals surface area contributed by atoms with Gasteiger partial charge in [-0.05, 0) is 30.5 Å². The van der Waals surface area contributed by atoms with Crippen molar-refractivity contribution in [1.29, 1.82) is 0 Å². The number of nitrogens with one attached hydrogen (secondary N) is 1. The first-order valence-corrected chi connectivity index (χ1v) is 7.08. The molecule has 1 fully saturated rings. The van der Waals surface area contributed by atoms with Gasteiger partial charge in [0.1, 0.15) is 5.82 Å². The van der Waals surface area contributed by atoms with Crippen LogP contribution in [0.25, 0.3) is 0 Å². The molecule has 5 heteroatoms. The number of hydrogen-bond donors (Lipinski definition) is 2. The van der Waals surface area contributed by atoms with Crippen LogP contribution >= 0.6 is 0 Å². The van der Waals surface area contributed by atoms with Gasteiger partial charge in [0.15, 0.2) is 0 Å². The molecule has 0 unspecified atom stereocenters. The molecule has 2 N–H and O–H groups in total. The molecule has 0 aromatic heterocycles. The zero-order chi connectivity index (χ0) is 14.5. The average molecular weight is 280 g/mol. The maximum absolute atomic E-state index is 14.1. The predicted octanol–water partition coefficient (Wildman–Crippen LogP) is 1.81. The van der Waals surface area contributed by atoms with E-state index in [1.165, 1.54) is 6.07 Å². The fraction of sp³-hybridized carbons (Fsp3) is 0.533. The minimum atomic E-state index is -0.273. The third kappa shape index (κ3) is 3.70. The number of carbonyl (C=O) groups is 1. The molecule has 1 aliphatic heterocycles. The lowest BCUT2D eigenvalue weighted by molar-refractivity contribution is -0.120. The first-order valence-electron chi connectivity index (χ1n) is 7.08. The topological polar surface area (TPSA) is 52.6 Å². The third-order valence-electron chi connectivity index (χ3n) is 3.63. The molecule has 1 amide bonds. The van der Waals surface area contributed by atoms with Gasteiger partial charge in [-0.3, -0.25) is 4.79 Å². The van der Waals surface area contributed by atoms with Gasteiger partial charge in [-0.1, -0.05) is 13.0 Å². The van der Waals surface area contributed by atoms with E-state index >= 15 is 0 Å². The van der Waals surface area contributed by atoms with Crippen molar-refractivity contribution in [2.45, 2.75) is 38.8 Å². The van der Waals surface area contributed by atoms with Gasteiger partial charge in [0.05, 0.1) is 11.8 Å². The summed E-state index contributed by atoms with van der Waals surface area (Å²) in [4.78, 5) is 13.1. The number of amides is 1. The van der Waals surface area contributed by atoms with Crippen molar-refractivity contribution in [1.82, 2.24) is 5.32 Å². The lowest BCUT2D eigenvalue weighted by Gasteiger charge is -2.31. The minimum absolute atomic E-state index is 0.0421. The van der Waals surface area contributed by atoms with Gasteiger partial charge in [0.25, 0.3) is 0 Å². The number of carbonyl (C=O) groups excluding carboxylic acids is 1. The van der Waals surface area contributed by atoms with E-state index in [4.69, 9.17) is 0 Å². The molecule has 0 spiro atoms. The van der Waals surface area contributed by atoms with Crippen LogP contribution in [-0.2, 0) is 11.3 Å². The molecule has 0 radical (unpaired) electrons. The smallest absolute Gasteiger partial charge is 0.219 e.